The third-order valence-corrected chi connectivity index (χ3v) is 6.17. The second-order valence-electron chi connectivity index (χ2n) is 8.61. The highest BCUT2D eigenvalue weighted by Gasteiger charge is 2.26. The van der Waals surface area contributed by atoms with Crippen LogP contribution < -0.4 is 15.8 Å². The van der Waals surface area contributed by atoms with Crippen molar-refractivity contribution in [2.45, 2.75) is 40.3 Å². The molecule has 178 valence electrons. The number of benzene rings is 3. The van der Waals surface area contributed by atoms with E-state index in [2.05, 4.69) is 10.3 Å². The number of hydrogen-bond acceptors (Lipinski definition) is 4. The lowest BCUT2D eigenvalue weighted by Crippen LogP contribution is -2.39. The van der Waals surface area contributed by atoms with Gasteiger partial charge in [0.2, 0.25) is 17.6 Å². The molecular weight excluding hydrogens is 440 g/mol. The molecule has 0 saturated heterocycles. The average molecular weight is 469 g/mol. The molecule has 0 unspecified atom stereocenters. The summed E-state index contributed by atoms with van der Waals surface area (Å²) in [5.41, 5.74) is 4.06. The highest BCUT2D eigenvalue weighted by Crippen LogP contribution is 2.22. The van der Waals surface area contributed by atoms with E-state index in [9.17, 15) is 14.4 Å². The normalized spacial score (nSPS) is 11.8. The van der Waals surface area contributed by atoms with Gasteiger partial charge in [0.15, 0.2) is 0 Å². The van der Waals surface area contributed by atoms with E-state index in [1.807, 2.05) is 68.4 Å². The van der Waals surface area contributed by atoms with Crippen LogP contribution in [-0.4, -0.2) is 21.4 Å². The van der Waals surface area contributed by atoms with Crippen molar-refractivity contribution in [3.63, 3.8) is 0 Å². The van der Waals surface area contributed by atoms with Crippen molar-refractivity contribution in [3.05, 3.63) is 99.8 Å². The van der Waals surface area contributed by atoms with E-state index in [0.29, 0.717) is 16.7 Å². The topological polar surface area (TPSA) is 84.3 Å². The van der Waals surface area contributed by atoms with Crippen LogP contribution in [0.2, 0.25) is 0 Å². The minimum atomic E-state index is -0.846. The zero-order chi connectivity index (χ0) is 25.1. The fourth-order valence-electron chi connectivity index (χ4n) is 4.06. The number of rotatable bonds is 6. The summed E-state index contributed by atoms with van der Waals surface area (Å²) in [5, 5.41) is 2.92. The fraction of sp³-hybridized carbons (Fsp3) is 0.214. The van der Waals surface area contributed by atoms with Gasteiger partial charge in [-0.2, -0.15) is 0 Å². The summed E-state index contributed by atoms with van der Waals surface area (Å²) < 4.78 is 1.42. The first-order valence-electron chi connectivity index (χ1n) is 11.5. The molecule has 4 rings (SSSR count). The number of hydrogen-bond donors (Lipinski definition) is 1. The Labute approximate surface area is 204 Å². The predicted molar refractivity (Wildman–Crippen MR) is 139 cm³/mol. The average Bonchev–Trinajstić information content (AvgIpc) is 2.84. The Kier molecular flexibility index (Phi) is 6.78. The van der Waals surface area contributed by atoms with Gasteiger partial charge >= 0.3 is 0 Å². The molecule has 0 aliphatic carbocycles. The number of carbonyl (C=O) groups is 2. The lowest BCUT2D eigenvalue weighted by Gasteiger charge is -2.24. The Balaban J connectivity index is 1.82. The smallest absolute Gasteiger partial charge is 0.295 e. The number of fused-ring (bicyclic) bond motifs is 1. The number of carbonyl (C=O) groups excluding carboxylic acids is 2. The van der Waals surface area contributed by atoms with E-state index < -0.39 is 11.6 Å². The summed E-state index contributed by atoms with van der Waals surface area (Å²) in [7, 11) is 0. The molecule has 0 radical (unpaired) electrons. The molecule has 3 aromatic carbocycles. The van der Waals surface area contributed by atoms with E-state index in [4.69, 9.17) is 0 Å². The van der Waals surface area contributed by atoms with Gasteiger partial charge < -0.3 is 5.32 Å². The van der Waals surface area contributed by atoms with Gasteiger partial charge in [-0.15, -0.1) is 0 Å². The van der Waals surface area contributed by atoms with Crippen molar-refractivity contribution >= 4 is 34.4 Å². The van der Waals surface area contributed by atoms with Crippen molar-refractivity contribution in [1.82, 2.24) is 9.55 Å². The van der Waals surface area contributed by atoms with E-state index in [1.165, 1.54) is 16.4 Å². The molecule has 7 heteroatoms. The van der Waals surface area contributed by atoms with Crippen LogP contribution in [0.3, 0.4) is 0 Å². The van der Waals surface area contributed by atoms with Gasteiger partial charge in [-0.25, -0.2) is 4.98 Å². The molecule has 0 bridgehead atoms. The zero-order valence-corrected chi connectivity index (χ0v) is 20.3. The van der Waals surface area contributed by atoms with E-state index in [-0.39, 0.29) is 24.2 Å². The number of nitrogens with one attached hydrogen (secondary N) is 1. The summed E-state index contributed by atoms with van der Waals surface area (Å²) in [6, 6.07) is 21.4. The maximum Gasteiger partial charge on any atom is 0.295 e. The Hall–Kier alpha value is -4.26. The van der Waals surface area contributed by atoms with Crippen LogP contribution >= 0.6 is 0 Å². The molecule has 1 N–H and O–H groups in total. The van der Waals surface area contributed by atoms with Crippen LogP contribution in [0.15, 0.2) is 77.6 Å². The van der Waals surface area contributed by atoms with E-state index >= 15 is 0 Å². The molecule has 0 aliphatic rings. The van der Waals surface area contributed by atoms with Gasteiger partial charge in [-0.05, 0) is 55.7 Å². The van der Waals surface area contributed by atoms with Gasteiger partial charge in [-0.3, -0.25) is 23.9 Å². The summed E-state index contributed by atoms with van der Waals surface area (Å²) in [6.07, 6.45) is 0. The van der Waals surface area contributed by atoms with Crippen LogP contribution in [0.25, 0.3) is 11.0 Å². The van der Waals surface area contributed by atoms with Gasteiger partial charge in [0, 0.05) is 12.6 Å². The first kappa shape index (κ1) is 23.9. The van der Waals surface area contributed by atoms with Gasteiger partial charge in [0.25, 0.3) is 5.56 Å². The highest BCUT2D eigenvalue weighted by molar-refractivity contribution is 5.96. The maximum absolute atomic E-state index is 13.8. The lowest BCUT2D eigenvalue weighted by molar-refractivity contribution is -0.118. The quantitative estimate of drug-likeness (QED) is 0.442. The second-order valence-corrected chi connectivity index (χ2v) is 8.61. The Morgan fingerprint density at radius 3 is 2.26 bits per heavy atom. The molecule has 7 nitrogen and oxygen atoms in total. The molecule has 0 fully saturated rings. The van der Waals surface area contributed by atoms with Gasteiger partial charge in [-0.1, -0.05) is 54.6 Å². The minimum absolute atomic E-state index is 0.00463. The summed E-state index contributed by atoms with van der Waals surface area (Å²) in [6.45, 7) is 7.14. The van der Waals surface area contributed by atoms with Crippen molar-refractivity contribution in [3.8, 4) is 0 Å². The zero-order valence-electron chi connectivity index (χ0n) is 20.3. The monoisotopic (exact) mass is 468 g/mol. The molecule has 2 amide bonds. The molecule has 1 atom stereocenters. The molecule has 1 heterocycles. The van der Waals surface area contributed by atoms with Crippen LogP contribution in [0.1, 0.15) is 36.6 Å². The summed E-state index contributed by atoms with van der Waals surface area (Å²) in [5.74, 6) is -0.649. The molecule has 0 saturated carbocycles. The molecule has 4 aromatic rings. The number of anilines is 2. The Morgan fingerprint density at radius 2 is 1.57 bits per heavy atom. The van der Waals surface area contributed by atoms with Crippen molar-refractivity contribution < 1.29 is 9.59 Å². The van der Waals surface area contributed by atoms with Crippen LogP contribution in [-0.2, 0) is 16.1 Å². The minimum Gasteiger partial charge on any atom is -0.324 e. The van der Waals surface area contributed by atoms with Crippen molar-refractivity contribution in [1.29, 1.82) is 0 Å². The van der Waals surface area contributed by atoms with Crippen LogP contribution in [0, 0.1) is 13.8 Å². The third-order valence-electron chi connectivity index (χ3n) is 6.17. The van der Waals surface area contributed by atoms with Crippen LogP contribution in [0.5, 0.6) is 0 Å². The summed E-state index contributed by atoms with van der Waals surface area (Å²) in [4.78, 5) is 45.7. The molecule has 0 spiro atoms. The van der Waals surface area contributed by atoms with Crippen molar-refractivity contribution in [2.24, 2.45) is 0 Å². The number of para-hydroxylation sites is 3. The Morgan fingerprint density at radius 1 is 0.943 bits per heavy atom. The Bertz CT molecular complexity index is 1470. The summed E-state index contributed by atoms with van der Waals surface area (Å²) >= 11 is 0. The van der Waals surface area contributed by atoms with Crippen molar-refractivity contribution in [2.75, 3.05) is 10.2 Å². The molecule has 1 aromatic heterocycles. The fourth-order valence-corrected chi connectivity index (χ4v) is 4.06. The molecular formula is C28H28N4O3. The van der Waals surface area contributed by atoms with E-state index in [1.54, 1.807) is 25.1 Å². The standard InChI is InChI=1S/C28H28N4O3/c1-18-11-5-7-13-22(18)17-31(21(4)33)26-28(35)32(25-16-10-9-15-24(25)29-26)20(3)27(34)30-23-14-8-6-12-19(23)2/h5-16,20H,17H2,1-4H3,(H,30,34)/t20-/m0/s1. The number of amides is 2. The van der Waals surface area contributed by atoms with Crippen LogP contribution in [0.4, 0.5) is 11.5 Å². The van der Waals surface area contributed by atoms with Gasteiger partial charge in [0.1, 0.15) is 6.04 Å². The third kappa shape index (κ3) is 4.84. The van der Waals surface area contributed by atoms with Gasteiger partial charge in [0.05, 0.1) is 17.6 Å². The SMILES string of the molecule is CC(=O)N(Cc1ccccc1C)c1nc2ccccc2n([C@@H](C)C(=O)Nc2ccccc2C)c1=O. The molecule has 35 heavy (non-hydrogen) atoms. The number of nitrogens with zero attached hydrogens (tertiary/aromatic N) is 3. The first-order valence-corrected chi connectivity index (χ1v) is 11.5. The number of aryl methyl sites for hydroxylation is 2. The lowest BCUT2D eigenvalue weighted by atomic mass is 10.1. The van der Waals surface area contributed by atoms with E-state index in [0.717, 1.165) is 16.7 Å². The molecule has 0 aliphatic heterocycles. The highest BCUT2D eigenvalue weighted by atomic mass is 16.2. The largest absolute Gasteiger partial charge is 0.324 e. The first-order chi connectivity index (χ1) is 16.8. The number of aromatic nitrogens is 2. The predicted octanol–water partition coefficient (Wildman–Crippen LogP) is 4.77. The second kappa shape index (κ2) is 9.93. The maximum atomic E-state index is 13.8.